The number of anilines is 1. The van der Waals surface area contributed by atoms with E-state index < -0.39 is 46.3 Å². The molecule has 7 rings (SSSR count). The summed E-state index contributed by atoms with van der Waals surface area (Å²) in [6, 6.07) is 2.53. The number of Topliss-reactive ketones (excluding diaryl/α,β-unsaturated/α-hetero) is 1. The number of phenols is 2. The lowest BCUT2D eigenvalue weighted by atomic mass is 9.84. The number of fused-ring (bicyclic) bond motifs is 4. The van der Waals surface area contributed by atoms with E-state index in [4.69, 9.17) is 10.6 Å². The smallest absolute Gasteiger partial charge is 0.352 e. The molecule has 1 amide bonds. The fourth-order valence-corrected chi connectivity index (χ4v) is 9.70. The molecule has 17 nitrogen and oxygen atoms in total. The highest BCUT2D eigenvalue weighted by Crippen LogP contribution is 2.50. The number of carboxylic acids is 2. The second-order valence-corrected chi connectivity index (χ2v) is 16.5. The summed E-state index contributed by atoms with van der Waals surface area (Å²) in [6.45, 7) is 5.51. The number of thiazole rings is 1. The molecule has 3 saturated heterocycles. The van der Waals surface area contributed by atoms with Gasteiger partial charge in [0, 0.05) is 46.8 Å². The minimum atomic E-state index is -1.76. The number of β-lactam (4-membered cyclic amide) rings is 1. The Kier molecular flexibility index (Phi) is 8.57. The Morgan fingerprint density at radius 1 is 1.15 bits per heavy atom. The summed E-state index contributed by atoms with van der Waals surface area (Å²) in [4.78, 5) is 75.2. The summed E-state index contributed by atoms with van der Waals surface area (Å²) in [5.41, 5.74) is 3.72. The van der Waals surface area contributed by atoms with Gasteiger partial charge in [-0.2, -0.15) is 5.10 Å². The lowest BCUT2D eigenvalue weighted by molar-refractivity contribution is -0.905. The van der Waals surface area contributed by atoms with Gasteiger partial charge in [-0.25, -0.2) is 19.3 Å². The molecule has 6 heterocycles. The molecule has 0 aliphatic carbocycles. The van der Waals surface area contributed by atoms with Crippen molar-refractivity contribution in [1.29, 1.82) is 0 Å². The number of hydrogen-bond acceptors (Lipinski definition) is 14. The van der Waals surface area contributed by atoms with Crippen LogP contribution in [0.3, 0.4) is 0 Å². The van der Waals surface area contributed by atoms with Crippen LogP contribution in [0.4, 0.5) is 5.13 Å². The standard InChI is InChI=1S/C33H35N7O10S2/c1-32(2,30(48)49)50-37-24(20-13-52-31(34)36-20)23(43)9-19-27(45)39-25(29(46)47)17(12-51-28(19)39)11-40-5-3-33(15-40,4-6-40)14-38-26(44)18-8-22(42)21(41)7-16(18)10-35-38/h7-8,10,13,19,28H,3-6,9,11-12,14-15H2,1-2H3,(H5-,34,35,36,37,41,42,43,44,46,47,48,49)/p+1/t19-,28-,33?,40?/m1/s1. The van der Waals surface area contributed by atoms with Gasteiger partial charge in [0.05, 0.1) is 49.1 Å². The average Bonchev–Trinajstić information content (AvgIpc) is 3.78. The highest BCUT2D eigenvalue weighted by molar-refractivity contribution is 8.00. The minimum absolute atomic E-state index is 0.0717. The quantitative estimate of drug-likeness (QED) is 0.0579. The number of amides is 1. The van der Waals surface area contributed by atoms with Crippen molar-refractivity contribution < 1.29 is 48.9 Å². The number of piperidine rings is 1. The zero-order valence-electron chi connectivity index (χ0n) is 28.1. The minimum Gasteiger partial charge on any atom is -0.504 e. The largest absolute Gasteiger partial charge is 0.504 e. The fraction of sp³-hybridized carbons (Fsp3) is 0.455. The molecule has 2 aromatic heterocycles. The van der Waals surface area contributed by atoms with Crippen LogP contribution in [0.25, 0.3) is 10.8 Å². The third-order valence-electron chi connectivity index (χ3n) is 10.5. The third-order valence-corrected chi connectivity index (χ3v) is 12.6. The summed E-state index contributed by atoms with van der Waals surface area (Å²) < 4.78 is 2.01. The van der Waals surface area contributed by atoms with Crippen LogP contribution in [0.2, 0.25) is 0 Å². The average molecular weight is 755 g/mol. The van der Waals surface area contributed by atoms with Gasteiger partial charge in [0.2, 0.25) is 11.5 Å². The number of phenolic OH excluding ortho intramolecular Hbond substituents is 2. The molecule has 0 unspecified atom stereocenters. The Labute approximate surface area is 303 Å². The number of carbonyl (C=O) groups excluding carboxylic acids is 2. The van der Waals surface area contributed by atoms with Crippen molar-refractivity contribution in [2.75, 3.05) is 37.7 Å². The number of thioether (sulfide) groups is 1. The molecule has 3 aromatic rings. The first-order chi connectivity index (χ1) is 24.5. The maximum atomic E-state index is 13.6. The molecule has 274 valence electrons. The molecule has 0 spiro atoms. The predicted molar refractivity (Wildman–Crippen MR) is 187 cm³/mol. The molecule has 19 heteroatoms. The first-order valence-corrected chi connectivity index (χ1v) is 18.4. The van der Waals surface area contributed by atoms with Crippen LogP contribution >= 0.6 is 23.1 Å². The van der Waals surface area contributed by atoms with Gasteiger partial charge in [0.25, 0.3) is 5.56 Å². The lowest BCUT2D eigenvalue weighted by Gasteiger charge is -2.50. The van der Waals surface area contributed by atoms with Gasteiger partial charge in [-0.3, -0.25) is 19.3 Å². The zero-order chi connectivity index (χ0) is 37.3. The number of benzene rings is 1. The third kappa shape index (κ3) is 6.05. The van der Waals surface area contributed by atoms with Gasteiger partial charge in [-0.1, -0.05) is 5.16 Å². The molecule has 4 aliphatic rings. The first kappa shape index (κ1) is 35.4. The molecule has 2 bridgehead atoms. The fourth-order valence-electron chi connectivity index (χ4n) is 7.75. The normalized spacial score (nSPS) is 25.7. The van der Waals surface area contributed by atoms with Gasteiger partial charge < -0.3 is 35.5 Å². The van der Waals surface area contributed by atoms with E-state index in [1.54, 1.807) is 0 Å². The molecule has 2 atom stereocenters. The van der Waals surface area contributed by atoms with Gasteiger partial charge >= 0.3 is 11.9 Å². The van der Waals surface area contributed by atoms with Gasteiger partial charge in [0.15, 0.2) is 28.1 Å². The number of ketones is 1. The number of quaternary nitrogens is 1. The van der Waals surface area contributed by atoms with Crippen LogP contribution in [0.1, 0.15) is 38.8 Å². The summed E-state index contributed by atoms with van der Waals surface area (Å²) in [5.74, 6) is -4.92. The van der Waals surface area contributed by atoms with E-state index in [9.17, 15) is 44.4 Å². The number of oxime groups is 1. The van der Waals surface area contributed by atoms with E-state index in [1.807, 2.05) is 0 Å². The number of aliphatic carboxylic acids is 2. The van der Waals surface area contributed by atoms with E-state index in [2.05, 4.69) is 15.2 Å². The Morgan fingerprint density at radius 2 is 1.87 bits per heavy atom. The maximum Gasteiger partial charge on any atom is 0.352 e. The molecular formula is C33H36N7O10S2+. The topological polar surface area (TPSA) is 248 Å². The highest BCUT2D eigenvalue weighted by atomic mass is 32.2. The molecule has 3 fully saturated rings. The predicted octanol–water partition coefficient (Wildman–Crippen LogP) is 1.57. The van der Waals surface area contributed by atoms with Crippen LogP contribution in [0, 0.1) is 11.3 Å². The van der Waals surface area contributed by atoms with Gasteiger partial charge in [-0.05, 0) is 26.0 Å². The Morgan fingerprint density at radius 3 is 2.52 bits per heavy atom. The number of carbonyl (C=O) groups is 4. The van der Waals surface area contributed by atoms with Crippen molar-refractivity contribution in [3.63, 3.8) is 0 Å². The second kappa shape index (κ2) is 12.6. The Bertz CT molecular complexity index is 2170. The number of rotatable bonds is 12. The summed E-state index contributed by atoms with van der Waals surface area (Å²) in [7, 11) is 0. The number of nitrogens with two attached hydrogens (primary N) is 1. The molecule has 1 aromatic carbocycles. The number of nitrogen functional groups attached to an aromatic ring is 1. The van der Waals surface area contributed by atoms with E-state index >= 15 is 0 Å². The first-order valence-electron chi connectivity index (χ1n) is 16.4. The van der Waals surface area contributed by atoms with Crippen molar-refractivity contribution in [3.8, 4) is 11.5 Å². The summed E-state index contributed by atoms with van der Waals surface area (Å²) in [6.07, 6.45) is 2.74. The van der Waals surface area contributed by atoms with E-state index in [-0.39, 0.29) is 50.8 Å². The van der Waals surface area contributed by atoms with Crippen molar-refractivity contribution in [2.24, 2.45) is 16.5 Å². The lowest BCUT2D eigenvalue weighted by Crippen LogP contribution is -2.62. The van der Waals surface area contributed by atoms with Crippen molar-refractivity contribution in [2.45, 2.75) is 50.6 Å². The van der Waals surface area contributed by atoms with Crippen molar-refractivity contribution in [1.82, 2.24) is 19.7 Å². The summed E-state index contributed by atoms with van der Waals surface area (Å²) >= 11 is 2.43. The number of aromatic hydroxyl groups is 2. The van der Waals surface area contributed by atoms with Crippen LogP contribution in [-0.2, 0) is 30.6 Å². The Balaban J connectivity index is 1.07. The SMILES string of the molecule is CC(C)(O/N=C(\C(=O)C[C@@H]1C(=O)N2C(C(=O)O)=C(C[N+]34CCC(Cn5ncc6cc(O)c(O)cc6c5=O)(CC3)C4)CS[C@H]12)c1csc(N)n1)C(=O)O. The monoisotopic (exact) mass is 754 g/mol. The zero-order valence-corrected chi connectivity index (χ0v) is 29.8. The molecule has 52 heavy (non-hydrogen) atoms. The number of nitrogens with zero attached hydrogens (tertiary/aromatic N) is 6. The van der Waals surface area contributed by atoms with Crippen LogP contribution in [0.5, 0.6) is 11.5 Å². The number of hydrogen-bond donors (Lipinski definition) is 5. The molecule has 0 saturated carbocycles. The van der Waals surface area contributed by atoms with Gasteiger partial charge in [0.1, 0.15) is 17.9 Å². The van der Waals surface area contributed by atoms with Crippen molar-refractivity contribution in [3.05, 3.63) is 51.0 Å². The molecular weight excluding hydrogens is 719 g/mol. The molecule has 6 N–H and O–H groups in total. The van der Waals surface area contributed by atoms with Crippen molar-refractivity contribution >= 4 is 68.3 Å². The second-order valence-electron chi connectivity index (χ2n) is 14.5. The summed E-state index contributed by atoms with van der Waals surface area (Å²) in [5, 5.41) is 49.4. The van der Waals surface area contributed by atoms with Crippen LogP contribution < -0.4 is 11.3 Å². The van der Waals surface area contributed by atoms with Gasteiger partial charge in [-0.15, -0.1) is 23.1 Å². The van der Waals surface area contributed by atoms with E-state index in [1.165, 1.54) is 58.9 Å². The van der Waals surface area contributed by atoms with Crippen LogP contribution in [0.15, 0.2) is 44.9 Å². The Hall–Kier alpha value is -5.01. The van der Waals surface area contributed by atoms with Crippen LogP contribution in [-0.4, -0.2) is 117 Å². The van der Waals surface area contributed by atoms with E-state index in [0.717, 1.165) is 37.3 Å². The molecule has 0 radical (unpaired) electrons. The highest BCUT2D eigenvalue weighted by Gasteiger charge is 2.58. The van der Waals surface area contributed by atoms with E-state index in [0.29, 0.717) is 40.8 Å². The number of carboxylic acid groups (broad SMARTS) is 2. The maximum absolute atomic E-state index is 13.6. The number of aromatic nitrogens is 3. The molecule has 4 aliphatic heterocycles.